The molecule has 1 aliphatic heterocycles. The van der Waals surface area contributed by atoms with Crippen molar-refractivity contribution in [1.29, 1.82) is 0 Å². The van der Waals surface area contributed by atoms with E-state index in [0.29, 0.717) is 13.0 Å². The maximum absolute atomic E-state index is 12.4. The number of ether oxygens (including phenoxy) is 1. The molecule has 0 spiro atoms. The van der Waals surface area contributed by atoms with Gasteiger partial charge in [0.25, 0.3) is 0 Å². The van der Waals surface area contributed by atoms with E-state index in [9.17, 15) is 9.59 Å². The van der Waals surface area contributed by atoms with Crippen LogP contribution >= 0.6 is 0 Å². The lowest BCUT2D eigenvalue weighted by Gasteiger charge is -2.27. The van der Waals surface area contributed by atoms with E-state index in [1.54, 1.807) is 0 Å². The minimum atomic E-state index is -0.932. The Morgan fingerprint density at radius 2 is 2.26 bits per heavy atom. The molecule has 1 aromatic carbocycles. The third-order valence-corrected chi connectivity index (χ3v) is 4.36. The number of rotatable bonds is 5. The van der Waals surface area contributed by atoms with Gasteiger partial charge in [-0.15, -0.1) is 0 Å². The first-order valence-electron chi connectivity index (χ1n) is 7.65. The first-order valence-corrected chi connectivity index (χ1v) is 7.65. The zero-order chi connectivity index (χ0) is 16.4. The molecule has 3 N–H and O–H groups in total. The van der Waals surface area contributed by atoms with Crippen molar-refractivity contribution in [1.82, 2.24) is 10.3 Å². The molecule has 0 aliphatic carbocycles. The Hall–Kier alpha value is -2.34. The molecule has 122 valence electrons. The summed E-state index contributed by atoms with van der Waals surface area (Å²) in [6, 6.07) is 5.96. The molecule has 6 nitrogen and oxygen atoms in total. The van der Waals surface area contributed by atoms with Gasteiger partial charge in [0.2, 0.25) is 5.91 Å². The van der Waals surface area contributed by atoms with Crippen LogP contribution in [0.1, 0.15) is 24.0 Å². The second kappa shape index (κ2) is 6.04. The Bertz CT molecular complexity index is 744. The van der Waals surface area contributed by atoms with Crippen LogP contribution in [0.15, 0.2) is 24.4 Å². The number of carbonyl (C=O) groups is 2. The number of carbonyl (C=O) groups excluding carboxylic acids is 1. The molecule has 1 saturated heterocycles. The number of nitrogens with one attached hydrogen (secondary N) is 2. The molecule has 1 unspecified atom stereocenters. The van der Waals surface area contributed by atoms with Crippen LogP contribution in [-0.4, -0.2) is 40.7 Å². The van der Waals surface area contributed by atoms with Crippen molar-refractivity contribution in [2.45, 2.75) is 31.7 Å². The summed E-state index contributed by atoms with van der Waals surface area (Å²) in [5, 5.41) is 13.0. The third-order valence-electron chi connectivity index (χ3n) is 4.36. The summed E-state index contributed by atoms with van der Waals surface area (Å²) in [6.07, 6.45) is 2.46. The number of aliphatic carboxylic acids is 1. The Labute approximate surface area is 133 Å². The summed E-state index contributed by atoms with van der Waals surface area (Å²) < 4.78 is 5.30. The molecule has 0 radical (unpaired) electrons. The number of carboxylic acids is 1. The normalized spacial score (nSPS) is 20.7. The van der Waals surface area contributed by atoms with Gasteiger partial charge < -0.3 is 20.1 Å². The van der Waals surface area contributed by atoms with E-state index in [-0.39, 0.29) is 25.4 Å². The molecular formula is C17H20N2O4. The van der Waals surface area contributed by atoms with E-state index in [0.717, 1.165) is 22.0 Å². The van der Waals surface area contributed by atoms with Crippen molar-refractivity contribution in [3.05, 3.63) is 35.5 Å². The number of aromatic amines is 1. The lowest BCUT2D eigenvalue weighted by Crippen LogP contribution is -2.51. The molecule has 23 heavy (non-hydrogen) atoms. The highest BCUT2D eigenvalue weighted by Gasteiger charge is 2.38. The van der Waals surface area contributed by atoms with E-state index in [2.05, 4.69) is 10.3 Å². The van der Waals surface area contributed by atoms with E-state index < -0.39 is 11.5 Å². The van der Waals surface area contributed by atoms with Crippen molar-refractivity contribution in [2.75, 3.05) is 13.2 Å². The SMILES string of the molecule is Cc1cccc2c(CC(=O)NC3(CC(=O)O)CCOC3)c[nH]c12. The number of fused-ring (bicyclic) bond motifs is 1. The predicted octanol–water partition coefficient (Wildman–Crippen LogP) is 1.77. The van der Waals surface area contributed by atoms with Crippen molar-refractivity contribution in [2.24, 2.45) is 0 Å². The average Bonchev–Trinajstić information content (AvgIpc) is 3.07. The fourth-order valence-electron chi connectivity index (χ4n) is 3.20. The molecule has 1 fully saturated rings. The van der Waals surface area contributed by atoms with Gasteiger partial charge in [0.05, 0.1) is 25.0 Å². The van der Waals surface area contributed by atoms with Gasteiger partial charge in [-0.2, -0.15) is 0 Å². The molecule has 1 aliphatic rings. The van der Waals surface area contributed by atoms with Crippen LogP contribution in [0.25, 0.3) is 10.9 Å². The number of aryl methyl sites for hydroxylation is 1. The zero-order valence-electron chi connectivity index (χ0n) is 13.0. The largest absolute Gasteiger partial charge is 0.481 e. The quantitative estimate of drug-likeness (QED) is 0.784. The topological polar surface area (TPSA) is 91.4 Å². The molecule has 2 heterocycles. The number of benzene rings is 1. The van der Waals surface area contributed by atoms with Gasteiger partial charge >= 0.3 is 5.97 Å². The highest BCUT2D eigenvalue weighted by Crippen LogP contribution is 2.24. The number of carboxylic acid groups (broad SMARTS) is 1. The summed E-state index contributed by atoms with van der Waals surface area (Å²) in [6.45, 7) is 2.73. The first kappa shape index (κ1) is 15.6. The van der Waals surface area contributed by atoms with Gasteiger partial charge in [-0.05, 0) is 24.5 Å². The first-order chi connectivity index (χ1) is 11.0. The zero-order valence-corrected chi connectivity index (χ0v) is 13.0. The Balaban J connectivity index is 1.75. The van der Waals surface area contributed by atoms with Crippen molar-refractivity contribution >= 4 is 22.8 Å². The summed E-state index contributed by atoms with van der Waals surface area (Å²) in [5.74, 6) is -1.11. The molecular weight excluding hydrogens is 296 g/mol. The molecule has 6 heteroatoms. The summed E-state index contributed by atoms with van der Waals surface area (Å²) in [7, 11) is 0. The minimum absolute atomic E-state index is 0.119. The van der Waals surface area contributed by atoms with Crippen LogP contribution < -0.4 is 5.32 Å². The number of amides is 1. The lowest BCUT2D eigenvalue weighted by molar-refractivity contribution is -0.139. The lowest BCUT2D eigenvalue weighted by atomic mass is 9.94. The predicted molar refractivity (Wildman–Crippen MR) is 85.3 cm³/mol. The molecule has 1 aromatic heterocycles. The van der Waals surface area contributed by atoms with Gasteiger partial charge in [0.15, 0.2) is 0 Å². The number of para-hydroxylation sites is 1. The summed E-state index contributed by atoms with van der Waals surface area (Å²) in [5.41, 5.74) is 2.27. The molecule has 3 rings (SSSR count). The molecule has 1 amide bonds. The smallest absolute Gasteiger partial charge is 0.305 e. The van der Waals surface area contributed by atoms with Crippen LogP contribution in [0.2, 0.25) is 0 Å². The maximum atomic E-state index is 12.4. The summed E-state index contributed by atoms with van der Waals surface area (Å²) >= 11 is 0. The molecule has 2 aromatic rings. The highest BCUT2D eigenvalue weighted by atomic mass is 16.5. The van der Waals surface area contributed by atoms with Crippen LogP contribution in [0.3, 0.4) is 0 Å². The van der Waals surface area contributed by atoms with E-state index in [1.807, 2.05) is 31.3 Å². The molecule has 0 saturated carbocycles. The van der Waals surface area contributed by atoms with Crippen LogP contribution in [0.4, 0.5) is 0 Å². The monoisotopic (exact) mass is 316 g/mol. The number of H-pyrrole nitrogens is 1. The van der Waals surface area contributed by atoms with E-state index in [1.165, 1.54) is 0 Å². The Morgan fingerprint density at radius 1 is 1.43 bits per heavy atom. The highest BCUT2D eigenvalue weighted by molar-refractivity contribution is 5.90. The molecule has 0 bridgehead atoms. The van der Waals surface area contributed by atoms with Gasteiger partial charge in [0, 0.05) is 23.7 Å². The van der Waals surface area contributed by atoms with Crippen LogP contribution in [-0.2, 0) is 20.7 Å². The Kier molecular flexibility index (Phi) is 4.09. The van der Waals surface area contributed by atoms with Gasteiger partial charge in [-0.25, -0.2) is 0 Å². The maximum Gasteiger partial charge on any atom is 0.305 e. The van der Waals surface area contributed by atoms with E-state index in [4.69, 9.17) is 9.84 Å². The standard InChI is InChI=1S/C17H20N2O4/c1-11-3-2-4-13-12(9-18-16(11)13)7-14(20)19-17(8-15(21)22)5-6-23-10-17/h2-4,9,18H,5-8,10H2,1H3,(H,19,20)(H,21,22). The third kappa shape index (κ3) is 3.22. The van der Waals surface area contributed by atoms with Crippen LogP contribution in [0.5, 0.6) is 0 Å². The second-order valence-corrected chi connectivity index (χ2v) is 6.19. The molecule has 1 atom stereocenters. The Morgan fingerprint density at radius 3 is 2.96 bits per heavy atom. The second-order valence-electron chi connectivity index (χ2n) is 6.19. The van der Waals surface area contributed by atoms with Gasteiger partial charge in [0.1, 0.15) is 0 Å². The number of hydrogen-bond acceptors (Lipinski definition) is 3. The number of hydrogen-bond donors (Lipinski definition) is 3. The average molecular weight is 316 g/mol. The summed E-state index contributed by atoms with van der Waals surface area (Å²) in [4.78, 5) is 26.7. The minimum Gasteiger partial charge on any atom is -0.481 e. The number of aromatic nitrogens is 1. The van der Waals surface area contributed by atoms with Crippen molar-refractivity contribution < 1.29 is 19.4 Å². The van der Waals surface area contributed by atoms with Crippen LogP contribution in [0, 0.1) is 6.92 Å². The fourth-order valence-corrected chi connectivity index (χ4v) is 3.20. The van der Waals surface area contributed by atoms with Gasteiger partial charge in [-0.3, -0.25) is 9.59 Å². The van der Waals surface area contributed by atoms with Crippen molar-refractivity contribution in [3.8, 4) is 0 Å². The van der Waals surface area contributed by atoms with E-state index >= 15 is 0 Å². The van der Waals surface area contributed by atoms with Gasteiger partial charge in [-0.1, -0.05) is 18.2 Å². The fraction of sp³-hybridized carbons (Fsp3) is 0.412. The van der Waals surface area contributed by atoms with Crippen molar-refractivity contribution in [3.63, 3.8) is 0 Å².